The van der Waals surface area contributed by atoms with Gasteiger partial charge in [-0.3, -0.25) is 4.79 Å². The van der Waals surface area contributed by atoms with Crippen LogP contribution in [0.4, 0.5) is 4.39 Å². The highest BCUT2D eigenvalue weighted by Gasteiger charge is 1.99. The minimum absolute atomic E-state index is 0.0984. The van der Waals surface area contributed by atoms with Crippen molar-refractivity contribution in [1.29, 1.82) is 0 Å². The van der Waals surface area contributed by atoms with Crippen molar-refractivity contribution in [2.24, 2.45) is 0 Å². The van der Waals surface area contributed by atoms with E-state index in [4.69, 9.17) is 5.11 Å². The Morgan fingerprint density at radius 1 is 1.54 bits per heavy atom. The number of aliphatic carboxylic acids is 1. The number of carboxylic acids is 1. The summed E-state index contributed by atoms with van der Waals surface area (Å²) in [7, 11) is 0. The SMILES string of the molecule is O=C(O)CCSc1cccc(F)c1. The highest BCUT2D eigenvalue weighted by molar-refractivity contribution is 7.99. The zero-order valence-electron chi connectivity index (χ0n) is 6.87. The van der Waals surface area contributed by atoms with E-state index in [0.717, 1.165) is 4.90 Å². The van der Waals surface area contributed by atoms with Crippen molar-refractivity contribution in [2.45, 2.75) is 11.3 Å². The van der Waals surface area contributed by atoms with Gasteiger partial charge in [0.15, 0.2) is 0 Å². The van der Waals surface area contributed by atoms with Gasteiger partial charge in [0.05, 0.1) is 6.42 Å². The lowest BCUT2D eigenvalue weighted by molar-refractivity contribution is -0.136. The number of halogens is 1. The third-order valence-corrected chi connectivity index (χ3v) is 2.38. The molecule has 0 aliphatic heterocycles. The second kappa shape index (κ2) is 4.87. The van der Waals surface area contributed by atoms with E-state index in [-0.39, 0.29) is 12.2 Å². The lowest BCUT2D eigenvalue weighted by atomic mass is 10.4. The van der Waals surface area contributed by atoms with Crippen molar-refractivity contribution in [3.63, 3.8) is 0 Å². The Bertz CT molecular complexity index is 301. The highest BCUT2D eigenvalue weighted by atomic mass is 32.2. The van der Waals surface area contributed by atoms with Gasteiger partial charge in [-0.2, -0.15) is 0 Å². The van der Waals surface area contributed by atoms with E-state index in [1.165, 1.54) is 23.9 Å². The summed E-state index contributed by atoms with van der Waals surface area (Å²) < 4.78 is 12.6. The van der Waals surface area contributed by atoms with Crippen LogP contribution in [0, 0.1) is 5.82 Å². The summed E-state index contributed by atoms with van der Waals surface area (Å²) in [4.78, 5) is 10.9. The first-order valence-corrected chi connectivity index (χ1v) is 4.77. The fourth-order valence-electron chi connectivity index (χ4n) is 0.813. The summed E-state index contributed by atoms with van der Waals surface area (Å²) >= 11 is 1.34. The van der Waals surface area contributed by atoms with Crippen LogP contribution < -0.4 is 0 Å². The minimum atomic E-state index is -0.830. The van der Waals surface area contributed by atoms with E-state index < -0.39 is 5.97 Å². The molecule has 0 bridgehead atoms. The molecule has 0 aliphatic rings. The van der Waals surface area contributed by atoms with E-state index in [1.54, 1.807) is 12.1 Å². The maximum Gasteiger partial charge on any atom is 0.304 e. The molecule has 0 spiro atoms. The Labute approximate surface area is 79.8 Å². The number of carbonyl (C=O) groups is 1. The number of hydrogen-bond acceptors (Lipinski definition) is 2. The van der Waals surface area contributed by atoms with Gasteiger partial charge in [-0.1, -0.05) is 6.07 Å². The molecule has 70 valence electrons. The molecule has 4 heteroatoms. The molecular weight excluding hydrogens is 191 g/mol. The van der Waals surface area contributed by atoms with Crippen molar-refractivity contribution in [3.8, 4) is 0 Å². The lowest BCUT2D eigenvalue weighted by Gasteiger charge is -1.98. The number of thioether (sulfide) groups is 1. The van der Waals surface area contributed by atoms with Gasteiger partial charge in [-0.15, -0.1) is 11.8 Å². The molecule has 1 N–H and O–H groups in total. The van der Waals surface area contributed by atoms with Gasteiger partial charge in [0.25, 0.3) is 0 Å². The van der Waals surface area contributed by atoms with Gasteiger partial charge in [-0.25, -0.2) is 4.39 Å². The fraction of sp³-hybridized carbons (Fsp3) is 0.222. The van der Waals surface area contributed by atoms with E-state index in [9.17, 15) is 9.18 Å². The first kappa shape index (κ1) is 10.1. The third-order valence-electron chi connectivity index (χ3n) is 1.38. The van der Waals surface area contributed by atoms with Gasteiger partial charge < -0.3 is 5.11 Å². The summed E-state index contributed by atoms with van der Waals surface area (Å²) in [5.74, 6) is -0.650. The molecule has 0 atom stereocenters. The van der Waals surface area contributed by atoms with Gasteiger partial charge in [0, 0.05) is 10.6 Å². The summed E-state index contributed by atoms with van der Waals surface area (Å²) in [6.45, 7) is 0. The van der Waals surface area contributed by atoms with Crippen molar-refractivity contribution in [1.82, 2.24) is 0 Å². The van der Waals surface area contributed by atoms with Crippen LogP contribution in [-0.4, -0.2) is 16.8 Å². The standard InChI is InChI=1S/C9H9FO2S/c10-7-2-1-3-8(6-7)13-5-4-9(11)12/h1-3,6H,4-5H2,(H,11,12). The molecule has 1 aromatic rings. The van der Waals surface area contributed by atoms with Crippen LogP contribution in [0.15, 0.2) is 29.2 Å². The summed E-state index contributed by atoms with van der Waals surface area (Å²) in [5.41, 5.74) is 0. The smallest absolute Gasteiger partial charge is 0.304 e. The Morgan fingerprint density at radius 2 is 2.31 bits per heavy atom. The Balaban J connectivity index is 2.41. The average molecular weight is 200 g/mol. The molecule has 13 heavy (non-hydrogen) atoms. The molecule has 0 radical (unpaired) electrons. The molecule has 1 rings (SSSR count). The topological polar surface area (TPSA) is 37.3 Å². The number of rotatable bonds is 4. The molecule has 2 nitrogen and oxygen atoms in total. The van der Waals surface area contributed by atoms with Crippen LogP contribution in [0.3, 0.4) is 0 Å². The Hall–Kier alpha value is -1.03. The lowest BCUT2D eigenvalue weighted by Crippen LogP contribution is -1.95. The zero-order valence-corrected chi connectivity index (χ0v) is 7.68. The van der Waals surface area contributed by atoms with Gasteiger partial charge in [0.2, 0.25) is 0 Å². The van der Waals surface area contributed by atoms with E-state index in [1.807, 2.05) is 0 Å². The first-order chi connectivity index (χ1) is 6.18. The normalized spacial score (nSPS) is 9.92. The molecule has 0 fully saturated rings. The number of hydrogen-bond donors (Lipinski definition) is 1. The summed E-state index contributed by atoms with van der Waals surface area (Å²) in [6.07, 6.45) is 0.0984. The van der Waals surface area contributed by atoms with Crippen LogP contribution >= 0.6 is 11.8 Å². The predicted octanol–water partition coefficient (Wildman–Crippen LogP) is 2.39. The molecule has 0 aliphatic carbocycles. The molecule has 0 unspecified atom stereocenters. The second-order valence-electron chi connectivity index (χ2n) is 2.45. The first-order valence-electron chi connectivity index (χ1n) is 3.78. The monoisotopic (exact) mass is 200 g/mol. The third kappa shape index (κ3) is 3.94. The van der Waals surface area contributed by atoms with E-state index >= 15 is 0 Å². The van der Waals surface area contributed by atoms with Gasteiger partial charge in [-0.05, 0) is 18.2 Å². The van der Waals surface area contributed by atoms with Crippen LogP contribution in [-0.2, 0) is 4.79 Å². The fourth-order valence-corrected chi connectivity index (χ4v) is 1.70. The minimum Gasteiger partial charge on any atom is -0.481 e. The highest BCUT2D eigenvalue weighted by Crippen LogP contribution is 2.19. The quantitative estimate of drug-likeness (QED) is 0.758. The van der Waals surface area contributed by atoms with E-state index in [0.29, 0.717) is 5.75 Å². The maximum absolute atomic E-state index is 12.6. The van der Waals surface area contributed by atoms with E-state index in [2.05, 4.69) is 0 Å². The van der Waals surface area contributed by atoms with Gasteiger partial charge in [0.1, 0.15) is 5.82 Å². The maximum atomic E-state index is 12.6. The molecule has 0 heterocycles. The molecular formula is C9H9FO2S. The molecule has 0 aromatic heterocycles. The van der Waals surface area contributed by atoms with Crippen LogP contribution in [0.1, 0.15) is 6.42 Å². The summed E-state index contributed by atoms with van der Waals surface area (Å²) in [6, 6.07) is 6.13. The molecule has 0 amide bonds. The van der Waals surface area contributed by atoms with Crippen molar-refractivity contribution in [3.05, 3.63) is 30.1 Å². The van der Waals surface area contributed by atoms with Crippen LogP contribution in [0.2, 0.25) is 0 Å². The molecule has 0 saturated carbocycles. The Morgan fingerprint density at radius 3 is 2.92 bits per heavy atom. The molecule has 0 saturated heterocycles. The Kier molecular flexibility index (Phi) is 3.76. The largest absolute Gasteiger partial charge is 0.481 e. The van der Waals surface area contributed by atoms with Gasteiger partial charge >= 0.3 is 5.97 Å². The summed E-state index contributed by atoms with van der Waals surface area (Å²) in [5, 5.41) is 8.36. The van der Waals surface area contributed by atoms with Crippen molar-refractivity contribution < 1.29 is 14.3 Å². The average Bonchev–Trinajstić information content (AvgIpc) is 2.03. The van der Waals surface area contributed by atoms with Crippen molar-refractivity contribution in [2.75, 3.05) is 5.75 Å². The van der Waals surface area contributed by atoms with Crippen LogP contribution in [0.5, 0.6) is 0 Å². The number of carboxylic acid groups (broad SMARTS) is 1. The van der Waals surface area contributed by atoms with Crippen LogP contribution in [0.25, 0.3) is 0 Å². The van der Waals surface area contributed by atoms with Crippen molar-refractivity contribution >= 4 is 17.7 Å². The second-order valence-corrected chi connectivity index (χ2v) is 3.62. The molecule has 1 aromatic carbocycles. The number of benzene rings is 1. The zero-order chi connectivity index (χ0) is 9.68. The predicted molar refractivity (Wildman–Crippen MR) is 49.4 cm³/mol.